The average Bonchev–Trinajstić information content (AvgIpc) is 2.30. The lowest BCUT2D eigenvalue weighted by Gasteiger charge is -2.40. The third-order valence-electron chi connectivity index (χ3n) is 3.89. The highest BCUT2D eigenvalue weighted by atomic mass is 32.2. The Labute approximate surface area is 98.0 Å². The van der Waals surface area contributed by atoms with Gasteiger partial charge < -0.3 is 5.73 Å². The summed E-state index contributed by atoms with van der Waals surface area (Å²) in [6.45, 7) is 4.74. The van der Waals surface area contributed by atoms with E-state index in [1.807, 2.05) is 0 Å². The average molecular weight is 228 g/mol. The van der Waals surface area contributed by atoms with Gasteiger partial charge >= 0.3 is 0 Å². The molecule has 0 aromatic rings. The molecule has 3 atom stereocenters. The maximum Gasteiger partial charge on any atom is 0.0186 e. The van der Waals surface area contributed by atoms with Gasteiger partial charge in [0.05, 0.1) is 0 Å². The zero-order valence-corrected chi connectivity index (χ0v) is 10.6. The number of rotatable bonds is 2. The fraction of sp³-hybridized carbons (Fsp3) is 1.00. The Morgan fingerprint density at radius 2 is 2.20 bits per heavy atom. The molecule has 2 aliphatic heterocycles. The van der Waals surface area contributed by atoms with Crippen molar-refractivity contribution in [1.82, 2.24) is 4.90 Å². The topological polar surface area (TPSA) is 29.3 Å². The van der Waals surface area contributed by atoms with Crippen molar-refractivity contribution in [3.8, 4) is 0 Å². The van der Waals surface area contributed by atoms with Gasteiger partial charge in [0.1, 0.15) is 0 Å². The molecule has 88 valence electrons. The lowest BCUT2D eigenvalue weighted by Crippen LogP contribution is -2.48. The second-order valence-electron chi connectivity index (χ2n) is 5.13. The van der Waals surface area contributed by atoms with Gasteiger partial charge in [-0.25, -0.2) is 0 Å². The summed E-state index contributed by atoms with van der Waals surface area (Å²) in [4.78, 5) is 2.71. The lowest BCUT2D eigenvalue weighted by atomic mass is 9.91. The molecule has 0 bridgehead atoms. The quantitative estimate of drug-likeness (QED) is 0.783. The second kappa shape index (κ2) is 5.55. The number of thioether (sulfide) groups is 1. The molecule has 0 saturated carbocycles. The van der Waals surface area contributed by atoms with Crippen LogP contribution in [0.15, 0.2) is 0 Å². The highest BCUT2D eigenvalue weighted by Gasteiger charge is 2.28. The number of nitrogens with two attached hydrogens (primary N) is 1. The van der Waals surface area contributed by atoms with Crippen LogP contribution in [-0.4, -0.2) is 41.6 Å². The van der Waals surface area contributed by atoms with Crippen molar-refractivity contribution in [2.75, 3.05) is 24.6 Å². The van der Waals surface area contributed by atoms with Crippen LogP contribution in [0.3, 0.4) is 0 Å². The van der Waals surface area contributed by atoms with Gasteiger partial charge in [-0.3, -0.25) is 4.90 Å². The van der Waals surface area contributed by atoms with Crippen LogP contribution in [-0.2, 0) is 0 Å². The monoisotopic (exact) mass is 228 g/mol. The molecule has 2 rings (SSSR count). The van der Waals surface area contributed by atoms with E-state index in [0.717, 1.165) is 12.0 Å². The van der Waals surface area contributed by atoms with E-state index >= 15 is 0 Å². The van der Waals surface area contributed by atoms with Gasteiger partial charge in [-0.05, 0) is 50.8 Å². The fourth-order valence-corrected chi connectivity index (χ4v) is 4.00. The highest BCUT2D eigenvalue weighted by molar-refractivity contribution is 7.99. The minimum atomic E-state index is 0.379. The maximum atomic E-state index is 6.03. The van der Waals surface area contributed by atoms with Crippen LogP contribution in [0.25, 0.3) is 0 Å². The molecular weight excluding hydrogens is 204 g/mol. The molecule has 0 amide bonds. The molecule has 3 unspecified atom stereocenters. The normalized spacial score (nSPS) is 36.4. The van der Waals surface area contributed by atoms with E-state index in [1.165, 1.54) is 50.3 Å². The predicted octanol–water partition coefficient (Wildman–Crippen LogP) is 1.94. The summed E-state index contributed by atoms with van der Waals surface area (Å²) in [7, 11) is 0. The molecule has 2 nitrogen and oxygen atoms in total. The minimum absolute atomic E-state index is 0.379. The standard InChI is InChI=1S/C12H24N2S/c1-10(13)11-4-2-6-14(8-11)12-5-3-7-15-9-12/h10-12H,2-9,13H2,1H3. The van der Waals surface area contributed by atoms with E-state index < -0.39 is 0 Å². The summed E-state index contributed by atoms with van der Waals surface area (Å²) in [5.74, 6) is 3.47. The van der Waals surface area contributed by atoms with E-state index in [2.05, 4.69) is 23.6 Å². The molecule has 2 heterocycles. The van der Waals surface area contributed by atoms with Gasteiger partial charge in [-0.1, -0.05) is 0 Å². The molecule has 0 radical (unpaired) electrons. The molecule has 0 aliphatic carbocycles. The third-order valence-corrected chi connectivity index (χ3v) is 5.08. The minimum Gasteiger partial charge on any atom is -0.328 e. The molecule has 15 heavy (non-hydrogen) atoms. The number of likely N-dealkylation sites (tertiary alicyclic amines) is 1. The van der Waals surface area contributed by atoms with Gasteiger partial charge in [-0.2, -0.15) is 11.8 Å². The van der Waals surface area contributed by atoms with Crippen molar-refractivity contribution in [3.05, 3.63) is 0 Å². The summed E-state index contributed by atoms with van der Waals surface area (Å²) < 4.78 is 0. The molecule has 2 aliphatic rings. The zero-order chi connectivity index (χ0) is 10.7. The number of piperidine rings is 1. The Bertz CT molecular complexity index is 190. The molecule has 0 spiro atoms. The largest absolute Gasteiger partial charge is 0.328 e. The van der Waals surface area contributed by atoms with E-state index in [1.54, 1.807) is 0 Å². The summed E-state index contributed by atoms with van der Waals surface area (Å²) in [5, 5.41) is 0. The first-order valence-corrected chi connectivity index (χ1v) is 7.50. The van der Waals surface area contributed by atoms with Gasteiger partial charge in [0.25, 0.3) is 0 Å². The third kappa shape index (κ3) is 3.11. The summed E-state index contributed by atoms with van der Waals surface area (Å²) in [6.07, 6.45) is 5.52. The first-order valence-electron chi connectivity index (χ1n) is 6.35. The number of hydrogen-bond acceptors (Lipinski definition) is 3. The predicted molar refractivity (Wildman–Crippen MR) is 68.3 cm³/mol. The Morgan fingerprint density at radius 1 is 1.33 bits per heavy atom. The van der Waals surface area contributed by atoms with Gasteiger partial charge in [0.15, 0.2) is 0 Å². The Morgan fingerprint density at radius 3 is 2.87 bits per heavy atom. The Balaban J connectivity index is 1.85. The Hall–Kier alpha value is 0.270. The van der Waals surface area contributed by atoms with Gasteiger partial charge in [-0.15, -0.1) is 0 Å². The van der Waals surface area contributed by atoms with Crippen LogP contribution in [0.2, 0.25) is 0 Å². The first-order chi connectivity index (χ1) is 7.27. The first kappa shape index (κ1) is 11.7. The molecule has 2 saturated heterocycles. The van der Waals surface area contributed by atoms with Crippen molar-refractivity contribution >= 4 is 11.8 Å². The SMILES string of the molecule is CC(N)C1CCCN(C2CCCSC2)C1. The van der Waals surface area contributed by atoms with E-state index in [0.29, 0.717) is 6.04 Å². The van der Waals surface area contributed by atoms with Gasteiger partial charge in [0, 0.05) is 24.4 Å². The molecule has 0 aromatic heterocycles. The molecule has 2 fully saturated rings. The molecule has 0 aromatic carbocycles. The zero-order valence-electron chi connectivity index (χ0n) is 9.82. The van der Waals surface area contributed by atoms with Crippen molar-refractivity contribution < 1.29 is 0 Å². The van der Waals surface area contributed by atoms with Crippen molar-refractivity contribution in [2.24, 2.45) is 11.7 Å². The second-order valence-corrected chi connectivity index (χ2v) is 6.28. The van der Waals surface area contributed by atoms with E-state index in [9.17, 15) is 0 Å². The van der Waals surface area contributed by atoms with Crippen LogP contribution in [0, 0.1) is 5.92 Å². The lowest BCUT2D eigenvalue weighted by molar-refractivity contribution is 0.117. The van der Waals surface area contributed by atoms with Crippen molar-refractivity contribution in [2.45, 2.75) is 44.7 Å². The molecule has 3 heteroatoms. The van der Waals surface area contributed by atoms with Crippen molar-refractivity contribution in [1.29, 1.82) is 0 Å². The van der Waals surface area contributed by atoms with Crippen LogP contribution >= 0.6 is 11.8 Å². The fourth-order valence-electron chi connectivity index (χ4n) is 2.81. The van der Waals surface area contributed by atoms with Crippen LogP contribution in [0.4, 0.5) is 0 Å². The van der Waals surface area contributed by atoms with Crippen LogP contribution in [0.1, 0.15) is 32.6 Å². The number of nitrogens with zero attached hydrogens (tertiary/aromatic N) is 1. The van der Waals surface area contributed by atoms with E-state index in [4.69, 9.17) is 5.73 Å². The maximum absolute atomic E-state index is 6.03. The Kier molecular flexibility index (Phi) is 4.35. The van der Waals surface area contributed by atoms with E-state index in [-0.39, 0.29) is 0 Å². The summed E-state index contributed by atoms with van der Waals surface area (Å²) >= 11 is 2.13. The molecular formula is C12H24N2S. The van der Waals surface area contributed by atoms with Crippen LogP contribution in [0.5, 0.6) is 0 Å². The highest BCUT2D eigenvalue weighted by Crippen LogP contribution is 2.27. The smallest absolute Gasteiger partial charge is 0.0186 e. The van der Waals surface area contributed by atoms with Crippen LogP contribution < -0.4 is 5.73 Å². The van der Waals surface area contributed by atoms with Crippen molar-refractivity contribution in [3.63, 3.8) is 0 Å². The summed E-state index contributed by atoms with van der Waals surface area (Å²) in [5.41, 5.74) is 6.03. The molecule has 2 N–H and O–H groups in total. The summed E-state index contributed by atoms with van der Waals surface area (Å²) in [6, 6.07) is 1.23. The van der Waals surface area contributed by atoms with Gasteiger partial charge in [0.2, 0.25) is 0 Å². The number of hydrogen-bond donors (Lipinski definition) is 1.